The number of amidine groups is 1. The van der Waals surface area contributed by atoms with Crippen molar-refractivity contribution in [3.8, 4) is 0 Å². The van der Waals surface area contributed by atoms with E-state index < -0.39 is 0 Å². The standard InChI is InChI=1S/C23H45N3/c1-2-3-4-5-6-7-8-9-10-11-12-13-14-15-16-17-21-26-22-20-25-23(26)18-19-24/h9-10H,2-8,11-22,24H2,1H3. The molecule has 2 N–H and O–H groups in total. The number of allylic oxidation sites excluding steroid dienone is 2. The second kappa shape index (κ2) is 17.6. The van der Waals surface area contributed by atoms with Crippen LogP contribution in [0.5, 0.6) is 0 Å². The molecule has 1 aliphatic heterocycles. The third kappa shape index (κ3) is 12.5. The van der Waals surface area contributed by atoms with Crippen molar-refractivity contribution in [2.24, 2.45) is 10.7 Å². The molecule has 0 bridgehead atoms. The molecular formula is C23H45N3. The zero-order valence-corrected chi connectivity index (χ0v) is 17.6. The van der Waals surface area contributed by atoms with Gasteiger partial charge >= 0.3 is 0 Å². The van der Waals surface area contributed by atoms with Crippen molar-refractivity contribution in [2.45, 2.75) is 103 Å². The molecule has 0 aliphatic carbocycles. The van der Waals surface area contributed by atoms with E-state index in [1.807, 2.05) is 0 Å². The normalized spacial score (nSPS) is 14.5. The van der Waals surface area contributed by atoms with Crippen molar-refractivity contribution < 1.29 is 0 Å². The maximum atomic E-state index is 5.65. The average molecular weight is 364 g/mol. The zero-order valence-electron chi connectivity index (χ0n) is 17.6. The molecule has 152 valence electrons. The van der Waals surface area contributed by atoms with E-state index in [2.05, 4.69) is 29.0 Å². The van der Waals surface area contributed by atoms with Crippen LogP contribution in [0.1, 0.15) is 103 Å². The number of aliphatic imine (C=N–C) groups is 1. The second-order valence-corrected chi connectivity index (χ2v) is 7.76. The molecule has 0 atom stereocenters. The summed E-state index contributed by atoms with van der Waals surface area (Å²) in [5.41, 5.74) is 5.65. The molecule has 0 spiro atoms. The lowest BCUT2D eigenvalue weighted by molar-refractivity contribution is 0.424. The Bertz CT molecular complexity index is 362. The summed E-state index contributed by atoms with van der Waals surface area (Å²) >= 11 is 0. The summed E-state index contributed by atoms with van der Waals surface area (Å²) in [5.74, 6) is 1.25. The maximum absolute atomic E-state index is 5.65. The van der Waals surface area contributed by atoms with Gasteiger partial charge in [-0.1, -0.05) is 76.9 Å². The Labute approximate surface area is 163 Å². The van der Waals surface area contributed by atoms with E-state index in [0.29, 0.717) is 0 Å². The smallest absolute Gasteiger partial charge is 0.100 e. The summed E-state index contributed by atoms with van der Waals surface area (Å²) in [5, 5.41) is 0. The first-order chi connectivity index (χ1) is 12.9. The van der Waals surface area contributed by atoms with Gasteiger partial charge in [-0.2, -0.15) is 0 Å². The predicted octanol–water partition coefficient (Wildman–Crippen LogP) is 6.09. The summed E-state index contributed by atoms with van der Waals surface area (Å²) < 4.78 is 0. The van der Waals surface area contributed by atoms with Gasteiger partial charge in [0, 0.05) is 19.5 Å². The van der Waals surface area contributed by atoms with Crippen LogP contribution in [-0.2, 0) is 0 Å². The fraction of sp³-hybridized carbons (Fsp3) is 0.870. The van der Waals surface area contributed by atoms with E-state index in [4.69, 9.17) is 5.73 Å². The summed E-state index contributed by atoms with van der Waals surface area (Å²) in [4.78, 5) is 7.00. The van der Waals surface area contributed by atoms with Crippen LogP contribution in [0.25, 0.3) is 0 Å². The highest BCUT2D eigenvalue weighted by Gasteiger charge is 2.14. The quantitative estimate of drug-likeness (QED) is 0.236. The van der Waals surface area contributed by atoms with Crippen molar-refractivity contribution >= 4 is 5.84 Å². The molecule has 0 unspecified atom stereocenters. The molecule has 0 aromatic heterocycles. The lowest BCUT2D eigenvalue weighted by Crippen LogP contribution is -2.30. The summed E-state index contributed by atoms with van der Waals surface area (Å²) in [6.45, 7) is 6.27. The molecule has 0 aromatic carbocycles. The molecule has 1 rings (SSSR count). The van der Waals surface area contributed by atoms with Crippen LogP contribution < -0.4 is 5.73 Å². The average Bonchev–Trinajstić information content (AvgIpc) is 3.09. The third-order valence-corrected chi connectivity index (χ3v) is 5.34. The minimum atomic E-state index is 0.725. The van der Waals surface area contributed by atoms with E-state index in [1.54, 1.807) is 0 Å². The van der Waals surface area contributed by atoms with Gasteiger partial charge in [-0.15, -0.1) is 0 Å². The van der Waals surface area contributed by atoms with E-state index in [9.17, 15) is 0 Å². The molecule has 0 amide bonds. The Morgan fingerprint density at radius 2 is 1.42 bits per heavy atom. The minimum absolute atomic E-state index is 0.725. The van der Waals surface area contributed by atoms with Crippen LogP contribution in [0.15, 0.2) is 17.1 Å². The van der Waals surface area contributed by atoms with Crippen LogP contribution >= 0.6 is 0 Å². The zero-order chi connectivity index (χ0) is 18.7. The van der Waals surface area contributed by atoms with Crippen molar-refractivity contribution in [1.29, 1.82) is 0 Å². The van der Waals surface area contributed by atoms with Crippen molar-refractivity contribution in [3.63, 3.8) is 0 Å². The van der Waals surface area contributed by atoms with Crippen LogP contribution in [0.3, 0.4) is 0 Å². The third-order valence-electron chi connectivity index (χ3n) is 5.34. The van der Waals surface area contributed by atoms with Crippen molar-refractivity contribution in [3.05, 3.63) is 12.2 Å². The fourth-order valence-corrected chi connectivity index (χ4v) is 3.69. The van der Waals surface area contributed by atoms with Gasteiger partial charge in [-0.3, -0.25) is 4.99 Å². The van der Waals surface area contributed by atoms with Crippen molar-refractivity contribution in [1.82, 2.24) is 4.90 Å². The first kappa shape index (κ1) is 23.2. The van der Waals surface area contributed by atoms with E-state index in [-0.39, 0.29) is 0 Å². The Morgan fingerprint density at radius 1 is 0.846 bits per heavy atom. The number of rotatable bonds is 18. The van der Waals surface area contributed by atoms with Gasteiger partial charge in [-0.05, 0) is 38.6 Å². The highest BCUT2D eigenvalue weighted by molar-refractivity contribution is 5.83. The van der Waals surface area contributed by atoms with Gasteiger partial charge in [0.15, 0.2) is 0 Å². The highest BCUT2D eigenvalue weighted by atomic mass is 15.2. The number of hydrogen-bond donors (Lipinski definition) is 1. The van der Waals surface area contributed by atoms with Gasteiger partial charge in [-0.25, -0.2) is 0 Å². The fourth-order valence-electron chi connectivity index (χ4n) is 3.69. The molecule has 0 fully saturated rings. The van der Waals surface area contributed by atoms with Gasteiger partial charge in [0.2, 0.25) is 0 Å². The minimum Gasteiger partial charge on any atom is -0.358 e. The largest absolute Gasteiger partial charge is 0.358 e. The maximum Gasteiger partial charge on any atom is 0.100 e. The molecule has 26 heavy (non-hydrogen) atoms. The number of nitrogens with zero attached hydrogens (tertiary/aromatic N) is 2. The SMILES string of the molecule is CCCCCCCCC=CCCCCCCCCN1CCN=C1CCN. The van der Waals surface area contributed by atoms with Gasteiger partial charge in [0.05, 0.1) is 6.54 Å². The van der Waals surface area contributed by atoms with Crippen LogP contribution in [0, 0.1) is 0 Å². The lowest BCUT2D eigenvalue weighted by Gasteiger charge is -2.19. The molecule has 3 heteroatoms. The highest BCUT2D eigenvalue weighted by Crippen LogP contribution is 2.11. The van der Waals surface area contributed by atoms with Gasteiger partial charge < -0.3 is 10.6 Å². The first-order valence-corrected chi connectivity index (χ1v) is 11.5. The molecule has 0 saturated carbocycles. The Kier molecular flexibility index (Phi) is 15.7. The lowest BCUT2D eigenvalue weighted by atomic mass is 10.1. The molecule has 0 saturated heterocycles. The van der Waals surface area contributed by atoms with E-state index in [0.717, 1.165) is 26.1 Å². The summed E-state index contributed by atoms with van der Waals surface area (Å²) in [6, 6.07) is 0. The topological polar surface area (TPSA) is 41.6 Å². The van der Waals surface area contributed by atoms with E-state index in [1.165, 1.54) is 102 Å². The summed E-state index contributed by atoms with van der Waals surface area (Å²) in [7, 11) is 0. The Balaban J connectivity index is 1.79. The molecule has 3 nitrogen and oxygen atoms in total. The van der Waals surface area contributed by atoms with E-state index >= 15 is 0 Å². The molecular weight excluding hydrogens is 318 g/mol. The van der Waals surface area contributed by atoms with Gasteiger partial charge in [0.25, 0.3) is 0 Å². The second-order valence-electron chi connectivity index (χ2n) is 7.76. The number of nitrogens with two attached hydrogens (primary N) is 1. The number of hydrogen-bond acceptors (Lipinski definition) is 3. The van der Waals surface area contributed by atoms with Gasteiger partial charge in [0.1, 0.15) is 5.84 Å². The molecule has 1 aliphatic rings. The molecule has 0 radical (unpaired) electrons. The molecule has 1 heterocycles. The van der Waals surface area contributed by atoms with Crippen LogP contribution in [0.2, 0.25) is 0 Å². The Hall–Kier alpha value is -0.830. The predicted molar refractivity (Wildman–Crippen MR) is 117 cm³/mol. The van der Waals surface area contributed by atoms with Crippen LogP contribution in [0.4, 0.5) is 0 Å². The Morgan fingerprint density at radius 3 is 2.04 bits per heavy atom. The number of unbranched alkanes of at least 4 members (excludes halogenated alkanes) is 12. The van der Waals surface area contributed by atoms with Crippen molar-refractivity contribution in [2.75, 3.05) is 26.2 Å². The molecule has 0 aromatic rings. The first-order valence-electron chi connectivity index (χ1n) is 11.5. The summed E-state index contributed by atoms with van der Waals surface area (Å²) in [6.07, 6.45) is 25.0. The van der Waals surface area contributed by atoms with Crippen LogP contribution in [-0.4, -0.2) is 36.9 Å². The monoisotopic (exact) mass is 363 g/mol.